The SMILES string of the molecule is NC(=O)C1=CSC(c2cn[nH]c2)N1c1cc2oc(N3CCOCC3)nc2cc1N1CCCC(F)(F)C1. The van der Waals surface area contributed by atoms with Crippen molar-refractivity contribution >= 4 is 46.2 Å². The molecule has 1 unspecified atom stereocenters. The van der Waals surface area contributed by atoms with Crippen LogP contribution in [0.3, 0.4) is 0 Å². The minimum atomic E-state index is -2.82. The lowest BCUT2D eigenvalue weighted by atomic mass is 10.0. The highest BCUT2D eigenvalue weighted by Gasteiger charge is 2.39. The fourth-order valence-corrected chi connectivity index (χ4v) is 6.00. The number of nitrogens with one attached hydrogen (secondary N) is 1. The van der Waals surface area contributed by atoms with Gasteiger partial charge in [0.25, 0.3) is 17.8 Å². The van der Waals surface area contributed by atoms with Crippen LogP contribution in [0.4, 0.5) is 26.2 Å². The summed E-state index contributed by atoms with van der Waals surface area (Å²) >= 11 is 1.40. The quantitative estimate of drug-likeness (QED) is 0.526. The number of amides is 1. The summed E-state index contributed by atoms with van der Waals surface area (Å²) in [6, 6.07) is 3.99. The topological polar surface area (TPSA) is 117 Å². The molecule has 2 aromatic heterocycles. The number of piperidine rings is 1. The summed E-state index contributed by atoms with van der Waals surface area (Å²) in [5.41, 5.74) is 8.98. The maximum Gasteiger partial charge on any atom is 0.298 e. The van der Waals surface area contributed by atoms with Gasteiger partial charge in [-0.05, 0) is 12.5 Å². The molecule has 13 heteroatoms. The van der Waals surface area contributed by atoms with Crippen molar-refractivity contribution in [1.82, 2.24) is 15.2 Å². The van der Waals surface area contributed by atoms with Crippen molar-refractivity contribution in [3.63, 3.8) is 0 Å². The van der Waals surface area contributed by atoms with Crippen molar-refractivity contribution in [3.8, 4) is 0 Å². The molecule has 2 saturated heterocycles. The Morgan fingerprint density at radius 3 is 2.75 bits per heavy atom. The van der Waals surface area contributed by atoms with Gasteiger partial charge in [0.05, 0.1) is 37.3 Å². The van der Waals surface area contributed by atoms with E-state index in [2.05, 4.69) is 15.2 Å². The summed E-state index contributed by atoms with van der Waals surface area (Å²) in [7, 11) is 0. The smallest absolute Gasteiger partial charge is 0.298 e. The number of ether oxygens (including phenoxy) is 1. The molecule has 10 nitrogen and oxygen atoms in total. The Balaban J connectivity index is 1.50. The van der Waals surface area contributed by atoms with Gasteiger partial charge in [-0.2, -0.15) is 10.1 Å². The number of hydrogen-bond acceptors (Lipinski definition) is 9. The number of oxazole rings is 1. The second-order valence-electron chi connectivity index (χ2n) is 9.04. The van der Waals surface area contributed by atoms with Crippen LogP contribution in [-0.4, -0.2) is 66.4 Å². The van der Waals surface area contributed by atoms with Gasteiger partial charge in [0.15, 0.2) is 5.58 Å². The second kappa shape index (κ2) is 8.96. The minimum Gasteiger partial charge on any atom is -0.423 e. The van der Waals surface area contributed by atoms with Crippen LogP contribution in [0.25, 0.3) is 11.1 Å². The van der Waals surface area contributed by atoms with Gasteiger partial charge in [0.2, 0.25) is 0 Å². The predicted molar refractivity (Wildman–Crippen MR) is 132 cm³/mol. The molecule has 2 fully saturated rings. The number of morpholine rings is 1. The first kappa shape index (κ1) is 23.1. The van der Waals surface area contributed by atoms with E-state index in [0.29, 0.717) is 67.8 Å². The molecule has 3 aliphatic heterocycles. The molecule has 3 aromatic rings. The number of hydrogen-bond donors (Lipinski definition) is 2. The van der Waals surface area contributed by atoms with E-state index in [1.165, 1.54) is 11.8 Å². The number of nitrogens with two attached hydrogens (primary N) is 1. The summed E-state index contributed by atoms with van der Waals surface area (Å²) in [4.78, 5) is 22.5. The Morgan fingerprint density at radius 2 is 2.03 bits per heavy atom. The highest BCUT2D eigenvalue weighted by molar-refractivity contribution is 8.02. The molecule has 0 spiro atoms. The van der Waals surface area contributed by atoms with Crippen LogP contribution in [0, 0.1) is 0 Å². The van der Waals surface area contributed by atoms with Gasteiger partial charge in [-0.1, -0.05) is 0 Å². The Hall–Kier alpha value is -3.32. The molecular formula is C23H25F2N7O3S. The van der Waals surface area contributed by atoms with Crippen molar-refractivity contribution in [1.29, 1.82) is 0 Å². The van der Waals surface area contributed by atoms with Crippen LogP contribution in [-0.2, 0) is 9.53 Å². The first-order chi connectivity index (χ1) is 17.4. The number of carbonyl (C=O) groups is 1. The second-order valence-corrected chi connectivity index (χ2v) is 10.00. The Bertz CT molecular complexity index is 1310. The van der Waals surface area contributed by atoms with Gasteiger partial charge < -0.3 is 29.6 Å². The van der Waals surface area contributed by atoms with Crippen molar-refractivity contribution in [2.24, 2.45) is 5.73 Å². The average Bonchev–Trinajstić information content (AvgIpc) is 3.62. The van der Waals surface area contributed by atoms with Crippen LogP contribution in [0.2, 0.25) is 0 Å². The lowest BCUT2D eigenvalue weighted by Crippen LogP contribution is -2.43. The molecule has 3 aliphatic rings. The van der Waals surface area contributed by atoms with E-state index in [-0.39, 0.29) is 17.5 Å². The maximum absolute atomic E-state index is 14.5. The monoisotopic (exact) mass is 517 g/mol. The number of H-pyrrole nitrogens is 1. The summed E-state index contributed by atoms with van der Waals surface area (Å²) in [5, 5.41) is 8.17. The summed E-state index contributed by atoms with van der Waals surface area (Å²) in [6.07, 6.45) is 3.60. The zero-order chi connectivity index (χ0) is 24.9. The number of aromatic nitrogens is 3. The largest absolute Gasteiger partial charge is 0.423 e. The molecule has 0 radical (unpaired) electrons. The molecule has 1 amide bonds. The molecule has 3 N–H and O–H groups in total. The zero-order valence-corrected chi connectivity index (χ0v) is 20.1. The fraction of sp³-hybridized carbons (Fsp3) is 0.435. The number of nitrogens with zero attached hydrogens (tertiary/aromatic N) is 5. The normalized spacial score (nSPS) is 22.3. The van der Waals surface area contributed by atoms with Crippen molar-refractivity contribution in [2.45, 2.75) is 24.1 Å². The maximum atomic E-state index is 14.5. The van der Waals surface area contributed by atoms with Gasteiger partial charge >= 0.3 is 0 Å². The number of alkyl halides is 2. The molecule has 190 valence electrons. The van der Waals surface area contributed by atoms with E-state index < -0.39 is 18.4 Å². The number of anilines is 3. The number of rotatable bonds is 5. The molecule has 0 aliphatic carbocycles. The lowest BCUT2D eigenvalue weighted by Gasteiger charge is -2.37. The van der Waals surface area contributed by atoms with E-state index in [9.17, 15) is 13.6 Å². The van der Waals surface area contributed by atoms with Crippen molar-refractivity contribution in [3.05, 3.63) is 41.2 Å². The number of fused-ring (bicyclic) bond motifs is 1. The molecule has 1 atom stereocenters. The van der Waals surface area contributed by atoms with Gasteiger partial charge in [-0.3, -0.25) is 9.89 Å². The predicted octanol–water partition coefficient (Wildman–Crippen LogP) is 3.20. The van der Waals surface area contributed by atoms with Crippen LogP contribution >= 0.6 is 11.8 Å². The molecular weight excluding hydrogens is 492 g/mol. The van der Waals surface area contributed by atoms with Crippen molar-refractivity contribution < 1.29 is 22.7 Å². The number of benzene rings is 1. The van der Waals surface area contributed by atoms with Crippen LogP contribution < -0.4 is 20.4 Å². The van der Waals surface area contributed by atoms with E-state index in [4.69, 9.17) is 14.9 Å². The first-order valence-electron chi connectivity index (χ1n) is 11.7. The Kier molecular flexibility index (Phi) is 5.75. The lowest BCUT2D eigenvalue weighted by molar-refractivity contribution is -0.114. The van der Waals surface area contributed by atoms with Crippen molar-refractivity contribution in [2.75, 3.05) is 54.1 Å². The molecule has 0 bridgehead atoms. The molecule has 36 heavy (non-hydrogen) atoms. The zero-order valence-electron chi connectivity index (χ0n) is 19.3. The fourth-order valence-electron chi connectivity index (χ4n) is 4.88. The van der Waals surface area contributed by atoms with E-state index in [1.807, 2.05) is 4.90 Å². The van der Waals surface area contributed by atoms with Gasteiger partial charge in [-0.15, -0.1) is 11.8 Å². The number of aromatic amines is 1. The van der Waals surface area contributed by atoms with E-state index >= 15 is 0 Å². The van der Waals surface area contributed by atoms with Gasteiger partial charge in [0, 0.05) is 49.3 Å². The summed E-state index contributed by atoms with van der Waals surface area (Å²) < 4.78 is 40.6. The Labute approximate surface area is 209 Å². The van der Waals surface area contributed by atoms with Crippen LogP contribution in [0.5, 0.6) is 0 Å². The molecule has 5 heterocycles. The van der Waals surface area contributed by atoms with E-state index in [0.717, 1.165) is 5.56 Å². The minimum absolute atomic E-state index is 0.157. The third-order valence-electron chi connectivity index (χ3n) is 6.61. The standard InChI is InChI=1S/C23H25F2N7O3S/c24-23(25)2-1-3-31(13-23)16-8-15-19(35-22(29-15)30-4-6-34-7-5-30)9-17(16)32-18(20(26)33)12-36-21(32)14-10-27-28-11-14/h8-12,21H,1-7,13H2,(H2,26,33)(H,27,28). The third kappa shape index (κ3) is 4.15. The number of halogens is 2. The Morgan fingerprint density at radius 1 is 1.19 bits per heavy atom. The summed E-state index contributed by atoms with van der Waals surface area (Å²) in [6.45, 7) is 2.46. The van der Waals surface area contributed by atoms with E-state index in [1.54, 1.807) is 39.7 Å². The highest BCUT2D eigenvalue weighted by atomic mass is 32.2. The van der Waals surface area contributed by atoms with Gasteiger partial charge in [-0.25, -0.2) is 8.78 Å². The molecule has 6 rings (SSSR count). The number of primary amides is 1. The summed E-state index contributed by atoms with van der Waals surface area (Å²) in [5.74, 6) is -3.44. The number of carbonyl (C=O) groups excluding carboxylic acids is 1. The van der Waals surface area contributed by atoms with Gasteiger partial charge in [0.1, 0.15) is 16.6 Å². The number of thioether (sulfide) groups is 1. The van der Waals surface area contributed by atoms with Crippen LogP contribution in [0.1, 0.15) is 23.8 Å². The molecule has 1 aromatic carbocycles. The van der Waals surface area contributed by atoms with Crippen LogP contribution in [0.15, 0.2) is 40.0 Å². The first-order valence-corrected chi connectivity index (χ1v) is 12.7. The average molecular weight is 518 g/mol. The third-order valence-corrected chi connectivity index (χ3v) is 7.71. The molecule has 0 saturated carbocycles. The highest BCUT2D eigenvalue weighted by Crippen LogP contribution is 2.50.